The first-order chi connectivity index (χ1) is 9.85. The number of rotatable bonds is 6. The van der Waals surface area contributed by atoms with E-state index in [4.69, 9.17) is 9.47 Å². The van der Waals surface area contributed by atoms with Crippen molar-refractivity contribution in [3.63, 3.8) is 0 Å². The Morgan fingerprint density at radius 3 is 2.48 bits per heavy atom. The second-order valence-corrected chi connectivity index (χ2v) is 6.91. The number of carbonyl (C=O) groups excluding carboxylic acids is 1. The average Bonchev–Trinajstić information content (AvgIpc) is 2.33. The Morgan fingerprint density at radius 2 is 2.00 bits per heavy atom. The maximum atomic E-state index is 11.5. The smallest absolute Gasteiger partial charge is 0.340 e. The van der Waals surface area contributed by atoms with E-state index in [2.05, 4.69) is 31.9 Å². The molecule has 0 fully saturated rings. The zero-order valence-electron chi connectivity index (χ0n) is 11.5. The van der Waals surface area contributed by atoms with Crippen LogP contribution in [-0.4, -0.2) is 30.8 Å². The van der Waals surface area contributed by atoms with E-state index in [1.54, 1.807) is 25.3 Å². The van der Waals surface area contributed by atoms with E-state index < -0.39 is 11.9 Å². The Balaban J connectivity index is 3.45. The van der Waals surface area contributed by atoms with Crippen molar-refractivity contribution in [3.05, 3.63) is 32.2 Å². The highest BCUT2D eigenvalue weighted by molar-refractivity contribution is 9.28. The van der Waals surface area contributed by atoms with Crippen molar-refractivity contribution in [2.24, 2.45) is 0 Å². The zero-order chi connectivity index (χ0) is 16.0. The Hall–Kier alpha value is -1.18. The molecular formula is C14H14Br2O5. The van der Waals surface area contributed by atoms with Gasteiger partial charge in [0.1, 0.15) is 11.3 Å². The van der Waals surface area contributed by atoms with Crippen LogP contribution in [0.3, 0.4) is 0 Å². The highest BCUT2D eigenvalue weighted by Gasteiger charge is 2.19. The Labute approximate surface area is 139 Å². The number of benzene rings is 1. The fraction of sp³-hybridized carbons (Fsp3) is 0.286. The fourth-order valence-electron chi connectivity index (χ4n) is 1.76. The van der Waals surface area contributed by atoms with Crippen LogP contribution in [0.5, 0.6) is 5.75 Å². The van der Waals surface area contributed by atoms with Crippen LogP contribution in [0.15, 0.2) is 15.5 Å². The number of methoxy groups -OCH3 is 1. The van der Waals surface area contributed by atoms with Crippen LogP contribution >= 0.6 is 31.9 Å². The van der Waals surface area contributed by atoms with Gasteiger partial charge in [-0.15, -0.1) is 0 Å². The molecule has 0 aliphatic rings. The molecule has 0 spiro atoms. The molecule has 114 valence electrons. The normalized spacial score (nSPS) is 10.1. The van der Waals surface area contributed by atoms with Crippen LogP contribution in [0.1, 0.15) is 28.4 Å². The summed E-state index contributed by atoms with van der Waals surface area (Å²) >= 11 is 6.40. The summed E-state index contributed by atoms with van der Waals surface area (Å²) in [5.74, 6) is -1.72. The van der Waals surface area contributed by atoms with Crippen LogP contribution in [0.4, 0.5) is 0 Å². The number of hydrogen-bond donors (Lipinski definition) is 1. The molecule has 1 N–H and O–H groups in total. The molecule has 1 aromatic rings. The molecule has 5 nitrogen and oxygen atoms in total. The summed E-state index contributed by atoms with van der Waals surface area (Å²) in [6.07, 6.45) is 2.16. The molecule has 0 aliphatic heterocycles. The number of halogens is 2. The number of carboxylic acid groups (broad SMARTS) is 1. The van der Waals surface area contributed by atoms with E-state index in [1.165, 1.54) is 6.92 Å². The minimum atomic E-state index is -1.17. The van der Waals surface area contributed by atoms with Gasteiger partial charge in [0, 0.05) is 14.0 Å². The molecule has 7 heteroatoms. The minimum Gasteiger partial charge on any atom is -0.478 e. The lowest BCUT2D eigenvalue weighted by Crippen LogP contribution is -2.10. The summed E-state index contributed by atoms with van der Waals surface area (Å²) in [5.41, 5.74) is 1.17. The molecular weight excluding hydrogens is 408 g/mol. The molecule has 0 saturated heterocycles. The van der Waals surface area contributed by atoms with Crippen molar-refractivity contribution in [1.82, 2.24) is 0 Å². The summed E-state index contributed by atoms with van der Waals surface area (Å²) in [4.78, 5) is 22.6. The maximum absolute atomic E-state index is 11.5. The first-order valence-corrected chi connectivity index (χ1v) is 7.54. The Morgan fingerprint density at radius 1 is 1.33 bits per heavy atom. The molecule has 0 atom stereocenters. The summed E-state index contributed by atoms with van der Waals surface area (Å²) in [7, 11) is 1.58. The van der Waals surface area contributed by atoms with Gasteiger partial charge in [-0.2, -0.15) is 0 Å². The summed E-state index contributed by atoms with van der Waals surface area (Å²) in [6.45, 7) is 1.70. The lowest BCUT2D eigenvalue weighted by Gasteiger charge is -2.12. The van der Waals surface area contributed by atoms with Crippen LogP contribution in [-0.2, 0) is 16.0 Å². The van der Waals surface area contributed by atoms with Crippen molar-refractivity contribution in [2.45, 2.75) is 13.3 Å². The van der Waals surface area contributed by atoms with Crippen LogP contribution in [0.25, 0.3) is 6.08 Å². The van der Waals surface area contributed by atoms with E-state index >= 15 is 0 Å². The highest BCUT2D eigenvalue weighted by Crippen LogP contribution is 2.29. The zero-order valence-corrected chi connectivity index (χ0v) is 14.7. The van der Waals surface area contributed by atoms with Crippen LogP contribution in [0.2, 0.25) is 0 Å². The molecule has 0 amide bonds. The number of carboxylic acids is 1. The third-order valence-electron chi connectivity index (χ3n) is 2.52. The number of aromatic carboxylic acids is 1. The maximum Gasteiger partial charge on any atom is 0.340 e. The molecule has 0 radical (unpaired) electrons. The lowest BCUT2D eigenvalue weighted by molar-refractivity contribution is -0.131. The summed E-state index contributed by atoms with van der Waals surface area (Å²) < 4.78 is 10.6. The molecule has 1 rings (SSSR count). The number of carbonyl (C=O) groups is 2. The van der Waals surface area contributed by atoms with E-state index in [9.17, 15) is 14.7 Å². The van der Waals surface area contributed by atoms with Crippen molar-refractivity contribution in [3.8, 4) is 5.75 Å². The number of hydrogen-bond acceptors (Lipinski definition) is 4. The van der Waals surface area contributed by atoms with Gasteiger partial charge in [-0.3, -0.25) is 4.79 Å². The number of esters is 1. The lowest BCUT2D eigenvalue weighted by atomic mass is 10.0. The highest BCUT2D eigenvalue weighted by atomic mass is 79.9. The van der Waals surface area contributed by atoms with Crippen molar-refractivity contribution < 1.29 is 24.2 Å². The predicted molar refractivity (Wildman–Crippen MR) is 86.1 cm³/mol. The minimum absolute atomic E-state index is 0.0242. The first kappa shape index (κ1) is 17.9. The quantitative estimate of drug-likeness (QED) is 0.561. The molecule has 0 aromatic heterocycles. The summed E-state index contributed by atoms with van der Waals surface area (Å²) in [6, 6.07) is 3.27. The van der Waals surface area contributed by atoms with E-state index in [0.717, 1.165) is 5.56 Å². The molecule has 0 saturated carbocycles. The van der Waals surface area contributed by atoms with Gasteiger partial charge in [0.05, 0.1) is 10.00 Å². The Kier molecular flexibility index (Phi) is 7.07. The van der Waals surface area contributed by atoms with Gasteiger partial charge in [0.15, 0.2) is 0 Å². The number of ether oxygens (including phenoxy) is 2. The average molecular weight is 422 g/mol. The van der Waals surface area contributed by atoms with Crippen LogP contribution in [0, 0.1) is 0 Å². The van der Waals surface area contributed by atoms with Gasteiger partial charge in [-0.05, 0) is 61.5 Å². The topological polar surface area (TPSA) is 72.8 Å². The third-order valence-corrected chi connectivity index (χ3v) is 2.98. The van der Waals surface area contributed by atoms with E-state index in [1.807, 2.05) is 0 Å². The molecule has 0 heterocycles. The van der Waals surface area contributed by atoms with Gasteiger partial charge in [-0.1, -0.05) is 6.07 Å². The molecule has 0 aliphatic carbocycles. The first-order valence-electron chi connectivity index (χ1n) is 5.95. The largest absolute Gasteiger partial charge is 0.478 e. The Bertz CT molecular complexity index is 577. The van der Waals surface area contributed by atoms with Gasteiger partial charge in [-0.25, -0.2) is 4.79 Å². The predicted octanol–water partition coefficient (Wildman–Crippen LogP) is 3.59. The monoisotopic (exact) mass is 420 g/mol. The second-order valence-electron chi connectivity index (χ2n) is 4.13. The standard InChI is InChI=1S/C14H14Br2O5/c1-8(17)21-11-6-9(3-4-20-2)5-10(7-12(15)16)13(11)14(18)19/h5-7H,3-4H2,1-2H3,(H,18,19). The van der Waals surface area contributed by atoms with Crippen molar-refractivity contribution in [1.29, 1.82) is 0 Å². The molecule has 21 heavy (non-hydrogen) atoms. The molecule has 1 aromatic carbocycles. The van der Waals surface area contributed by atoms with Crippen molar-refractivity contribution in [2.75, 3.05) is 13.7 Å². The molecule has 0 bridgehead atoms. The summed E-state index contributed by atoms with van der Waals surface area (Å²) in [5, 5.41) is 9.36. The van der Waals surface area contributed by atoms with Gasteiger partial charge in [0.25, 0.3) is 0 Å². The van der Waals surface area contributed by atoms with Gasteiger partial charge < -0.3 is 14.6 Å². The SMILES string of the molecule is COCCc1cc(C=C(Br)Br)c(C(=O)O)c(OC(C)=O)c1. The van der Waals surface area contributed by atoms with Crippen LogP contribution < -0.4 is 4.74 Å². The second kappa shape index (κ2) is 8.31. The fourth-order valence-corrected chi connectivity index (χ4v) is 2.25. The van der Waals surface area contributed by atoms with E-state index in [-0.39, 0.29) is 11.3 Å². The third kappa shape index (κ3) is 5.61. The molecule has 0 unspecified atom stereocenters. The van der Waals surface area contributed by atoms with Gasteiger partial charge in [0.2, 0.25) is 0 Å². The van der Waals surface area contributed by atoms with E-state index in [0.29, 0.717) is 22.0 Å². The van der Waals surface area contributed by atoms with Crippen molar-refractivity contribution >= 4 is 49.9 Å². The van der Waals surface area contributed by atoms with Gasteiger partial charge >= 0.3 is 11.9 Å².